The molecule has 0 amide bonds. The minimum absolute atomic E-state index is 0.643. The van der Waals surface area contributed by atoms with E-state index in [-0.39, 0.29) is 0 Å². The Hall–Kier alpha value is -2.14. The second kappa shape index (κ2) is 4.16. The lowest BCUT2D eigenvalue weighted by molar-refractivity contribution is 1.28. The molecule has 2 nitrogen and oxygen atoms in total. The van der Waals surface area contributed by atoms with Crippen LogP contribution in [0.15, 0.2) is 36.5 Å². The van der Waals surface area contributed by atoms with Gasteiger partial charge in [0.05, 0.1) is 17.3 Å². The fourth-order valence-electron chi connectivity index (χ4n) is 1.75. The molecule has 0 N–H and O–H groups in total. The molecule has 2 aromatic rings. The Bertz CT molecular complexity index is 565. The number of hydrogen-bond donors (Lipinski definition) is 0. The molecular weight excluding hydrogens is 196 g/mol. The van der Waals surface area contributed by atoms with E-state index in [1.807, 2.05) is 12.1 Å². The summed E-state index contributed by atoms with van der Waals surface area (Å²) >= 11 is 0. The zero-order valence-corrected chi connectivity index (χ0v) is 9.36. The van der Waals surface area contributed by atoms with Crippen molar-refractivity contribution < 1.29 is 0 Å². The van der Waals surface area contributed by atoms with Gasteiger partial charge in [-0.3, -0.25) is 4.98 Å². The normalized spacial score (nSPS) is 9.81. The van der Waals surface area contributed by atoms with Gasteiger partial charge in [-0.25, -0.2) is 0 Å². The van der Waals surface area contributed by atoms with Crippen LogP contribution in [0, 0.1) is 25.2 Å². The molecule has 0 spiro atoms. The largest absolute Gasteiger partial charge is 0.256 e. The highest BCUT2D eigenvalue weighted by molar-refractivity contribution is 5.65. The van der Waals surface area contributed by atoms with Crippen LogP contribution in [0.5, 0.6) is 0 Å². The van der Waals surface area contributed by atoms with Crippen molar-refractivity contribution in [2.45, 2.75) is 13.8 Å². The zero-order valence-electron chi connectivity index (χ0n) is 9.36. The SMILES string of the molecule is Cc1ccc(-c2cc(C#N)ccn2)c(C)c1. The highest BCUT2D eigenvalue weighted by Gasteiger charge is 2.03. The molecule has 2 heteroatoms. The number of rotatable bonds is 1. The van der Waals surface area contributed by atoms with Gasteiger partial charge in [0.2, 0.25) is 0 Å². The highest BCUT2D eigenvalue weighted by atomic mass is 14.7. The number of hydrogen-bond acceptors (Lipinski definition) is 2. The van der Waals surface area contributed by atoms with Gasteiger partial charge in [-0.15, -0.1) is 0 Å². The summed E-state index contributed by atoms with van der Waals surface area (Å²) in [5.74, 6) is 0. The van der Waals surface area contributed by atoms with Gasteiger partial charge in [-0.05, 0) is 31.5 Å². The minimum atomic E-state index is 0.643. The van der Waals surface area contributed by atoms with Gasteiger partial charge in [0.25, 0.3) is 0 Å². The third kappa shape index (κ3) is 1.94. The second-order valence-electron chi connectivity index (χ2n) is 3.86. The first-order valence-electron chi connectivity index (χ1n) is 5.14. The van der Waals surface area contributed by atoms with Crippen molar-refractivity contribution in [2.24, 2.45) is 0 Å². The molecule has 0 bridgehead atoms. The number of pyridine rings is 1. The van der Waals surface area contributed by atoms with E-state index in [0.717, 1.165) is 11.3 Å². The van der Waals surface area contributed by atoms with Crippen LogP contribution in [-0.2, 0) is 0 Å². The van der Waals surface area contributed by atoms with Gasteiger partial charge >= 0.3 is 0 Å². The van der Waals surface area contributed by atoms with Crippen LogP contribution >= 0.6 is 0 Å². The van der Waals surface area contributed by atoms with Crippen molar-refractivity contribution in [3.8, 4) is 17.3 Å². The number of aromatic nitrogens is 1. The maximum absolute atomic E-state index is 8.84. The maximum atomic E-state index is 8.84. The number of benzene rings is 1. The first kappa shape index (κ1) is 10.4. The van der Waals surface area contributed by atoms with E-state index < -0.39 is 0 Å². The third-order valence-corrected chi connectivity index (χ3v) is 2.55. The van der Waals surface area contributed by atoms with Crippen molar-refractivity contribution in [1.29, 1.82) is 5.26 Å². The molecular formula is C14H12N2. The Labute approximate surface area is 95.2 Å². The molecule has 78 valence electrons. The molecule has 2 rings (SSSR count). The second-order valence-corrected chi connectivity index (χ2v) is 3.86. The molecule has 0 radical (unpaired) electrons. The number of nitriles is 1. The summed E-state index contributed by atoms with van der Waals surface area (Å²) < 4.78 is 0. The molecule has 0 fully saturated rings. The molecule has 0 aliphatic carbocycles. The van der Waals surface area contributed by atoms with Crippen molar-refractivity contribution in [1.82, 2.24) is 4.98 Å². The average molecular weight is 208 g/mol. The Kier molecular flexibility index (Phi) is 2.70. The van der Waals surface area contributed by atoms with Crippen LogP contribution < -0.4 is 0 Å². The van der Waals surface area contributed by atoms with Gasteiger partial charge in [0.15, 0.2) is 0 Å². The van der Waals surface area contributed by atoms with E-state index >= 15 is 0 Å². The summed E-state index contributed by atoms with van der Waals surface area (Å²) in [6, 6.07) is 11.9. The zero-order chi connectivity index (χ0) is 11.5. The third-order valence-electron chi connectivity index (χ3n) is 2.55. The molecule has 0 atom stereocenters. The molecule has 1 heterocycles. The lowest BCUT2D eigenvalue weighted by Crippen LogP contribution is -1.88. The van der Waals surface area contributed by atoms with Crippen LogP contribution in [0.1, 0.15) is 16.7 Å². The Morgan fingerprint density at radius 3 is 2.62 bits per heavy atom. The van der Waals surface area contributed by atoms with Gasteiger partial charge in [-0.2, -0.15) is 5.26 Å². The minimum Gasteiger partial charge on any atom is -0.256 e. The van der Waals surface area contributed by atoms with Crippen molar-refractivity contribution >= 4 is 0 Å². The van der Waals surface area contributed by atoms with Gasteiger partial charge in [0, 0.05) is 11.8 Å². The predicted octanol–water partition coefficient (Wildman–Crippen LogP) is 3.24. The van der Waals surface area contributed by atoms with Crippen molar-refractivity contribution in [3.63, 3.8) is 0 Å². The van der Waals surface area contributed by atoms with E-state index in [4.69, 9.17) is 5.26 Å². The summed E-state index contributed by atoms with van der Waals surface area (Å²) in [5, 5.41) is 8.84. The Balaban J connectivity index is 2.55. The topological polar surface area (TPSA) is 36.7 Å². The van der Waals surface area contributed by atoms with Crippen LogP contribution in [0.25, 0.3) is 11.3 Å². The molecule has 0 saturated heterocycles. The Morgan fingerprint density at radius 2 is 1.94 bits per heavy atom. The van der Waals surface area contributed by atoms with Crippen LogP contribution in [-0.4, -0.2) is 4.98 Å². The number of aryl methyl sites for hydroxylation is 2. The molecule has 0 saturated carbocycles. The summed E-state index contributed by atoms with van der Waals surface area (Å²) in [6.45, 7) is 4.12. The lowest BCUT2D eigenvalue weighted by atomic mass is 10.0. The maximum Gasteiger partial charge on any atom is 0.0992 e. The van der Waals surface area contributed by atoms with E-state index in [0.29, 0.717) is 5.56 Å². The summed E-state index contributed by atoms with van der Waals surface area (Å²) in [5.41, 5.74) is 5.00. The molecule has 0 aliphatic heterocycles. The smallest absolute Gasteiger partial charge is 0.0992 e. The fraction of sp³-hybridized carbons (Fsp3) is 0.143. The molecule has 0 aliphatic rings. The predicted molar refractivity (Wildman–Crippen MR) is 63.9 cm³/mol. The molecule has 1 aromatic heterocycles. The monoisotopic (exact) mass is 208 g/mol. The quantitative estimate of drug-likeness (QED) is 0.721. The molecule has 0 unspecified atom stereocenters. The van der Waals surface area contributed by atoms with Gasteiger partial charge in [0.1, 0.15) is 0 Å². The van der Waals surface area contributed by atoms with E-state index in [1.54, 1.807) is 12.3 Å². The van der Waals surface area contributed by atoms with Gasteiger partial charge in [-0.1, -0.05) is 23.8 Å². The molecule has 16 heavy (non-hydrogen) atoms. The van der Waals surface area contributed by atoms with Crippen molar-refractivity contribution in [3.05, 3.63) is 53.2 Å². The van der Waals surface area contributed by atoms with Gasteiger partial charge < -0.3 is 0 Å². The van der Waals surface area contributed by atoms with Crippen LogP contribution in [0.4, 0.5) is 0 Å². The average Bonchev–Trinajstić information content (AvgIpc) is 2.29. The van der Waals surface area contributed by atoms with Crippen LogP contribution in [0.3, 0.4) is 0 Å². The van der Waals surface area contributed by atoms with E-state index in [9.17, 15) is 0 Å². The molecule has 1 aromatic carbocycles. The van der Waals surface area contributed by atoms with Crippen molar-refractivity contribution in [2.75, 3.05) is 0 Å². The lowest BCUT2D eigenvalue weighted by Gasteiger charge is -2.06. The number of nitrogens with zero attached hydrogens (tertiary/aromatic N) is 2. The summed E-state index contributed by atoms with van der Waals surface area (Å²) in [4.78, 5) is 4.30. The Morgan fingerprint density at radius 1 is 1.12 bits per heavy atom. The first-order chi connectivity index (χ1) is 7.70. The standard InChI is InChI=1S/C14H12N2/c1-10-3-4-13(11(2)7-10)14-8-12(9-15)5-6-16-14/h3-8H,1-2H3. The van der Waals surface area contributed by atoms with E-state index in [2.05, 4.69) is 37.0 Å². The van der Waals surface area contributed by atoms with Crippen LogP contribution in [0.2, 0.25) is 0 Å². The van der Waals surface area contributed by atoms with E-state index in [1.165, 1.54) is 11.1 Å². The fourth-order valence-corrected chi connectivity index (χ4v) is 1.75. The first-order valence-corrected chi connectivity index (χ1v) is 5.14. The summed E-state index contributed by atoms with van der Waals surface area (Å²) in [7, 11) is 0. The summed E-state index contributed by atoms with van der Waals surface area (Å²) in [6.07, 6.45) is 1.67. The highest BCUT2D eigenvalue weighted by Crippen LogP contribution is 2.22.